The van der Waals surface area contributed by atoms with Gasteiger partial charge in [-0.05, 0) is 13.3 Å². The number of esters is 2. The van der Waals surface area contributed by atoms with Crippen LogP contribution >= 0.6 is 0 Å². The van der Waals surface area contributed by atoms with Gasteiger partial charge < -0.3 is 14.6 Å². The second-order valence-corrected chi connectivity index (χ2v) is 5.59. The number of carbonyl (C=O) groups excluding carboxylic acids is 2. The van der Waals surface area contributed by atoms with Gasteiger partial charge in [0.1, 0.15) is 19.3 Å². The van der Waals surface area contributed by atoms with Crippen LogP contribution in [0.1, 0.15) is 65.2 Å². The molecule has 5 nitrogen and oxygen atoms in total. The van der Waals surface area contributed by atoms with E-state index in [9.17, 15) is 14.7 Å². The Balaban J connectivity index is 3.52. The second kappa shape index (κ2) is 13.3. The van der Waals surface area contributed by atoms with E-state index in [-0.39, 0.29) is 24.8 Å². The molecule has 0 bridgehead atoms. The third-order valence-corrected chi connectivity index (χ3v) is 3.18. The molecule has 1 atom stereocenters. The van der Waals surface area contributed by atoms with E-state index in [1.807, 2.05) is 0 Å². The van der Waals surface area contributed by atoms with Crippen molar-refractivity contribution in [1.82, 2.24) is 0 Å². The number of unbranched alkanes of at least 4 members (excludes halogenated alkanes) is 6. The molecular weight excluding hydrogens is 284 g/mol. The highest BCUT2D eigenvalue weighted by Gasteiger charge is 2.12. The van der Waals surface area contributed by atoms with Gasteiger partial charge in [-0.1, -0.05) is 52.0 Å². The lowest BCUT2D eigenvalue weighted by Gasteiger charge is -2.12. The van der Waals surface area contributed by atoms with Crippen LogP contribution in [0.15, 0.2) is 12.2 Å². The summed E-state index contributed by atoms with van der Waals surface area (Å²) >= 11 is 0. The highest BCUT2D eigenvalue weighted by atomic mass is 16.6. The van der Waals surface area contributed by atoms with E-state index < -0.39 is 12.1 Å². The van der Waals surface area contributed by atoms with Crippen LogP contribution in [0.4, 0.5) is 0 Å². The van der Waals surface area contributed by atoms with E-state index in [4.69, 9.17) is 9.47 Å². The fourth-order valence-corrected chi connectivity index (χ4v) is 1.83. The molecule has 22 heavy (non-hydrogen) atoms. The number of hydrogen-bond donors (Lipinski definition) is 1. The van der Waals surface area contributed by atoms with E-state index in [0.717, 1.165) is 19.3 Å². The van der Waals surface area contributed by atoms with E-state index >= 15 is 0 Å². The summed E-state index contributed by atoms with van der Waals surface area (Å²) in [6.45, 7) is 6.79. The highest BCUT2D eigenvalue weighted by Crippen LogP contribution is 2.08. The first-order chi connectivity index (χ1) is 10.5. The number of aliphatic hydroxyl groups is 1. The van der Waals surface area contributed by atoms with Crippen LogP contribution in [0, 0.1) is 0 Å². The van der Waals surface area contributed by atoms with Gasteiger partial charge in [-0.15, -0.1) is 0 Å². The maximum Gasteiger partial charge on any atom is 0.333 e. The Hall–Kier alpha value is -1.36. The Labute approximate surface area is 133 Å². The molecule has 1 N–H and O–H groups in total. The average Bonchev–Trinajstić information content (AvgIpc) is 2.49. The summed E-state index contributed by atoms with van der Waals surface area (Å²) in [6, 6.07) is 0. The molecule has 0 aromatic heterocycles. The van der Waals surface area contributed by atoms with Crippen molar-refractivity contribution in [2.45, 2.75) is 71.3 Å². The van der Waals surface area contributed by atoms with Gasteiger partial charge in [0, 0.05) is 12.0 Å². The summed E-state index contributed by atoms with van der Waals surface area (Å²) in [5, 5.41) is 9.54. The minimum Gasteiger partial charge on any atom is -0.463 e. The molecular formula is C17H30O5. The van der Waals surface area contributed by atoms with Gasteiger partial charge in [0.05, 0.1) is 0 Å². The molecule has 0 radical (unpaired) electrons. The van der Waals surface area contributed by atoms with Gasteiger partial charge in [0.15, 0.2) is 0 Å². The minimum atomic E-state index is -0.999. The quantitative estimate of drug-likeness (QED) is 0.321. The van der Waals surface area contributed by atoms with Crippen molar-refractivity contribution in [2.24, 2.45) is 0 Å². The zero-order valence-corrected chi connectivity index (χ0v) is 13.9. The van der Waals surface area contributed by atoms with Crippen molar-refractivity contribution >= 4 is 11.9 Å². The first kappa shape index (κ1) is 20.6. The van der Waals surface area contributed by atoms with E-state index in [1.54, 1.807) is 0 Å². The zero-order chi connectivity index (χ0) is 16.8. The summed E-state index contributed by atoms with van der Waals surface area (Å²) < 4.78 is 9.70. The van der Waals surface area contributed by atoms with Crippen LogP contribution in [0.2, 0.25) is 0 Å². The molecule has 0 saturated carbocycles. The zero-order valence-electron chi connectivity index (χ0n) is 13.9. The fourth-order valence-electron chi connectivity index (χ4n) is 1.83. The van der Waals surface area contributed by atoms with Crippen LogP contribution in [0.25, 0.3) is 0 Å². The highest BCUT2D eigenvalue weighted by molar-refractivity contribution is 5.86. The summed E-state index contributed by atoms with van der Waals surface area (Å²) in [6.07, 6.45) is 7.33. The van der Waals surface area contributed by atoms with Gasteiger partial charge in [0.25, 0.3) is 0 Å². The Morgan fingerprint density at radius 3 is 2.14 bits per heavy atom. The molecule has 0 aromatic carbocycles. The molecule has 0 aromatic rings. The Bertz CT molecular complexity index is 338. The van der Waals surface area contributed by atoms with Gasteiger partial charge in [-0.3, -0.25) is 4.79 Å². The summed E-state index contributed by atoms with van der Waals surface area (Å²) in [4.78, 5) is 22.6. The standard InChI is InChI=1S/C17H30O5/c1-4-5-6-7-8-9-10-11-16(19)21-12-15(18)13-22-17(20)14(2)3/h15,18H,2,4-13H2,1,3H3. The van der Waals surface area contributed by atoms with Gasteiger partial charge in [0.2, 0.25) is 0 Å². The summed E-state index contributed by atoms with van der Waals surface area (Å²) in [7, 11) is 0. The van der Waals surface area contributed by atoms with Gasteiger partial charge >= 0.3 is 11.9 Å². The summed E-state index contributed by atoms with van der Waals surface area (Å²) in [5.41, 5.74) is 0.267. The van der Waals surface area contributed by atoms with E-state index in [2.05, 4.69) is 13.5 Å². The lowest BCUT2D eigenvalue weighted by Crippen LogP contribution is -2.25. The molecule has 0 aliphatic rings. The number of aliphatic hydroxyl groups excluding tert-OH is 1. The monoisotopic (exact) mass is 314 g/mol. The molecule has 0 amide bonds. The topological polar surface area (TPSA) is 72.8 Å². The molecule has 1 unspecified atom stereocenters. The van der Waals surface area contributed by atoms with E-state index in [1.165, 1.54) is 32.6 Å². The van der Waals surface area contributed by atoms with Crippen molar-refractivity contribution in [1.29, 1.82) is 0 Å². The predicted molar refractivity (Wildman–Crippen MR) is 85.3 cm³/mol. The van der Waals surface area contributed by atoms with E-state index in [0.29, 0.717) is 6.42 Å². The molecule has 0 aliphatic heterocycles. The Morgan fingerprint density at radius 2 is 1.55 bits per heavy atom. The largest absolute Gasteiger partial charge is 0.463 e. The maximum absolute atomic E-state index is 11.5. The molecule has 128 valence electrons. The second-order valence-electron chi connectivity index (χ2n) is 5.59. The molecule has 0 aliphatic carbocycles. The van der Waals surface area contributed by atoms with Crippen molar-refractivity contribution in [2.75, 3.05) is 13.2 Å². The number of hydrogen-bond acceptors (Lipinski definition) is 5. The number of ether oxygens (including phenoxy) is 2. The third-order valence-electron chi connectivity index (χ3n) is 3.18. The molecule has 0 spiro atoms. The Morgan fingerprint density at radius 1 is 1.00 bits per heavy atom. The third kappa shape index (κ3) is 12.4. The molecule has 0 saturated heterocycles. The molecule has 0 rings (SSSR count). The lowest BCUT2D eigenvalue weighted by molar-refractivity contribution is -0.150. The SMILES string of the molecule is C=C(C)C(=O)OCC(O)COC(=O)CCCCCCCCC. The molecule has 0 heterocycles. The van der Waals surface area contributed by atoms with Crippen molar-refractivity contribution < 1.29 is 24.2 Å². The average molecular weight is 314 g/mol. The van der Waals surface area contributed by atoms with Crippen LogP contribution in [0.5, 0.6) is 0 Å². The van der Waals surface area contributed by atoms with Crippen LogP contribution in [-0.4, -0.2) is 36.4 Å². The predicted octanol–water partition coefficient (Wildman–Crippen LogP) is 3.15. The number of rotatable bonds is 13. The lowest BCUT2D eigenvalue weighted by atomic mass is 10.1. The summed E-state index contributed by atoms with van der Waals surface area (Å²) in [5.74, 6) is -0.882. The first-order valence-corrected chi connectivity index (χ1v) is 8.13. The minimum absolute atomic E-state index is 0.154. The van der Waals surface area contributed by atoms with Crippen LogP contribution in [-0.2, 0) is 19.1 Å². The maximum atomic E-state index is 11.5. The van der Waals surface area contributed by atoms with Crippen molar-refractivity contribution in [3.8, 4) is 0 Å². The molecule has 0 fully saturated rings. The smallest absolute Gasteiger partial charge is 0.333 e. The Kier molecular flexibility index (Phi) is 12.5. The number of carbonyl (C=O) groups is 2. The van der Waals surface area contributed by atoms with Crippen molar-refractivity contribution in [3.63, 3.8) is 0 Å². The fraction of sp³-hybridized carbons (Fsp3) is 0.765. The van der Waals surface area contributed by atoms with Gasteiger partial charge in [-0.2, -0.15) is 0 Å². The normalized spacial score (nSPS) is 11.8. The van der Waals surface area contributed by atoms with Crippen LogP contribution < -0.4 is 0 Å². The molecule has 5 heteroatoms. The van der Waals surface area contributed by atoms with Gasteiger partial charge in [-0.25, -0.2) is 4.79 Å². The first-order valence-electron chi connectivity index (χ1n) is 8.13. The van der Waals surface area contributed by atoms with Crippen molar-refractivity contribution in [3.05, 3.63) is 12.2 Å². The van der Waals surface area contributed by atoms with Crippen LogP contribution in [0.3, 0.4) is 0 Å².